The van der Waals surface area contributed by atoms with E-state index in [0.29, 0.717) is 0 Å². The lowest BCUT2D eigenvalue weighted by Crippen LogP contribution is -2.50. The highest BCUT2D eigenvalue weighted by atomic mass is 28.4. The second-order valence-corrected chi connectivity index (χ2v) is 22.6. The summed E-state index contributed by atoms with van der Waals surface area (Å²) in [7, 11) is -5.48. The average Bonchev–Trinajstić information content (AvgIpc) is 2.51. The maximum atomic E-state index is 12.4. The van der Waals surface area contributed by atoms with Crippen LogP contribution in [0.5, 0.6) is 0 Å². The van der Waals surface area contributed by atoms with E-state index in [4.69, 9.17) is 18.0 Å². The Kier molecular flexibility index (Phi) is 6.48. The molecule has 5 nitrogen and oxygen atoms in total. The van der Waals surface area contributed by atoms with Crippen molar-refractivity contribution in [2.24, 2.45) is 0 Å². The monoisotopic (exact) mass is 378 g/mol. The van der Waals surface area contributed by atoms with E-state index in [1.807, 2.05) is 6.92 Å². The number of carbonyl (C=O) groups excluding carboxylic acids is 1. The topological polar surface area (TPSA) is 54.0 Å². The van der Waals surface area contributed by atoms with E-state index < -0.39 is 37.2 Å². The first-order chi connectivity index (χ1) is 10.1. The molecule has 1 saturated heterocycles. The van der Waals surface area contributed by atoms with Crippen LogP contribution >= 0.6 is 0 Å². The van der Waals surface area contributed by atoms with Crippen molar-refractivity contribution < 1.29 is 22.8 Å². The molecular formula is C15H34O5Si3. The van der Waals surface area contributed by atoms with E-state index in [-0.39, 0.29) is 18.2 Å². The van der Waals surface area contributed by atoms with E-state index in [0.717, 1.165) is 0 Å². The lowest BCUT2D eigenvalue weighted by Gasteiger charge is -2.34. The Bertz CT molecular complexity index is 422. The van der Waals surface area contributed by atoms with Gasteiger partial charge in [0.25, 0.3) is 0 Å². The maximum Gasteiger partial charge on any atom is 0.337 e. The summed E-state index contributed by atoms with van der Waals surface area (Å²) in [6.07, 6.45) is -1.61. The van der Waals surface area contributed by atoms with Crippen LogP contribution in [0.25, 0.3) is 0 Å². The molecule has 8 heteroatoms. The molecule has 0 radical (unpaired) electrons. The molecule has 0 aromatic carbocycles. The van der Waals surface area contributed by atoms with Crippen LogP contribution in [0, 0.1) is 0 Å². The van der Waals surface area contributed by atoms with Crippen LogP contribution in [0.1, 0.15) is 6.92 Å². The minimum absolute atomic E-state index is 0.192. The Morgan fingerprint density at radius 3 is 1.74 bits per heavy atom. The largest absolute Gasteiger partial charge is 0.455 e. The summed E-state index contributed by atoms with van der Waals surface area (Å²) in [5, 5.41) is 0. The molecule has 136 valence electrons. The van der Waals surface area contributed by atoms with Crippen LogP contribution < -0.4 is 0 Å². The SMILES string of the molecule is CC(O[Si](C)(C)C)[C@@H]1OC(=O)[C@@H](O[Si](C)(C)C)[C@H]1O[Si](C)(C)C. The van der Waals surface area contributed by atoms with Gasteiger partial charge in [-0.2, -0.15) is 0 Å². The molecule has 0 amide bonds. The molecule has 0 aromatic heterocycles. The molecule has 1 aliphatic heterocycles. The van der Waals surface area contributed by atoms with E-state index >= 15 is 0 Å². The van der Waals surface area contributed by atoms with Gasteiger partial charge in [0.2, 0.25) is 0 Å². The van der Waals surface area contributed by atoms with Crippen LogP contribution in [0.4, 0.5) is 0 Å². The highest BCUT2D eigenvalue weighted by Crippen LogP contribution is 2.31. The lowest BCUT2D eigenvalue weighted by atomic mass is 10.1. The highest BCUT2D eigenvalue weighted by molar-refractivity contribution is 6.70. The number of rotatable bonds is 7. The van der Waals surface area contributed by atoms with Gasteiger partial charge in [-0.15, -0.1) is 0 Å². The number of hydrogen-bond donors (Lipinski definition) is 0. The summed E-state index contributed by atoms with van der Waals surface area (Å²) in [6, 6.07) is 0. The van der Waals surface area contributed by atoms with Gasteiger partial charge in [-0.1, -0.05) is 0 Å². The van der Waals surface area contributed by atoms with Crippen molar-refractivity contribution in [3.63, 3.8) is 0 Å². The Morgan fingerprint density at radius 2 is 1.35 bits per heavy atom. The van der Waals surface area contributed by atoms with Crippen molar-refractivity contribution in [2.75, 3.05) is 0 Å². The maximum absolute atomic E-state index is 12.4. The van der Waals surface area contributed by atoms with Gasteiger partial charge in [0.1, 0.15) is 6.10 Å². The predicted octanol–water partition coefficient (Wildman–Crippen LogP) is 3.59. The van der Waals surface area contributed by atoms with Gasteiger partial charge in [-0.05, 0) is 65.8 Å². The van der Waals surface area contributed by atoms with E-state index in [1.54, 1.807) is 0 Å². The molecule has 0 aliphatic carbocycles. The van der Waals surface area contributed by atoms with E-state index in [1.165, 1.54) is 0 Å². The van der Waals surface area contributed by atoms with Gasteiger partial charge < -0.3 is 18.0 Å². The second-order valence-electron chi connectivity index (χ2n) is 9.18. The van der Waals surface area contributed by atoms with Crippen molar-refractivity contribution >= 4 is 30.9 Å². The summed E-state index contributed by atoms with van der Waals surface area (Å²) in [5.41, 5.74) is 0. The lowest BCUT2D eigenvalue weighted by molar-refractivity contribution is -0.149. The third kappa shape index (κ3) is 7.18. The van der Waals surface area contributed by atoms with E-state index in [9.17, 15) is 4.79 Å². The van der Waals surface area contributed by atoms with Crippen molar-refractivity contribution in [1.29, 1.82) is 0 Å². The first-order valence-corrected chi connectivity index (χ1v) is 18.6. The fraction of sp³-hybridized carbons (Fsp3) is 0.933. The molecular weight excluding hydrogens is 344 g/mol. The molecule has 1 rings (SSSR count). The predicted molar refractivity (Wildman–Crippen MR) is 100 cm³/mol. The number of ether oxygens (including phenoxy) is 1. The minimum atomic E-state index is -1.89. The normalized spacial score (nSPS) is 27.9. The van der Waals surface area contributed by atoms with Crippen molar-refractivity contribution in [3.8, 4) is 0 Å². The average molecular weight is 379 g/mol. The molecule has 1 aliphatic rings. The van der Waals surface area contributed by atoms with Crippen LogP contribution in [0.3, 0.4) is 0 Å². The molecule has 0 aromatic rings. The minimum Gasteiger partial charge on any atom is -0.455 e. The summed E-state index contributed by atoms with van der Waals surface area (Å²) in [6.45, 7) is 20.9. The molecule has 1 unspecified atom stereocenters. The quantitative estimate of drug-likeness (QED) is 0.500. The zero-order chi connectivity index (χ0) is 18.2. The van der Waals surface area contributed by atoms with Crippen molar-refractivity contribution in [2.45, 2.75) is 90.3 Å². The highest BCUT2D eigenvalue weighted by Gasteiger charge is 2.52. The summed E-state index contributed by atoms with van der Waals surface area (Å²) < 4.78 is 24.2. The Balaban J connectivity index is 3.02. The number of esters is 1. The first kappa shape index (κ1) is 21.0. The molecule has 0 spiro atoms. The number of hydrogen-bond acceptors (Lipinski definition) is 5. The van der Waals surface area contributed by atoms with Gasteiger partial charge in [0, 0.05) is 0 Å². The molecule has 1 heterocycles. The zero-order valence-corrected chi connectivity index (χ0v) is 19.4. The fourth-order valence-electron chi connectivity index (χ4n) is 2.60. The molecule has 23 heavy (non-hydrogen) atoms. The standard InChI is InChI=1S/C15H34O5Si3/c1-11(18-21(2,3)4)12-13(19-22(5,6)7)14(15(16)17-12)20-23(8,9)10/h11-14H,1-10H3/t11?,12-,13-,14-/m0/s1. The van der Waals surface area contributed by atoms with Crippen LogP contribution in [-0.2, 0) is 22.8 Å². The second kappa shape index (κ2) is 7.09. The van der Waals surface area contributed by atoms with Crippen LogP contribution in [-0.4, -0.2) is 55.3 Å². The van der Waals surface area contributed by atoms with E-state index in [2.05, 4.69) is 58.9 Å². The molecule has 0 bridgehead atoms. The Hall–Kier alpha value is 0.000649. The van der Waals surface area contributed by atoms with Gasteiger partial charge >= 0.3 is 5.97 Å². The van der Waals surface area contributed by atoms with Crippen LogP contribution in [0.2, 0.25) is 58.9 Å². The van der Waals surface area contributed by atoms with Crippen molar-refractivity contribution in [1.82, 2.24) is 0 Å². The van der Waals surface area contributed by atoms with Crippen molar-refractivity contribution in [3.05, 3.63) is 0 Å². The molecule has 1 fully saturated rings. The molecule has 0 saturated carbocycles. The van der Waals surface area contributed by atoms with Crippen LogP contribution in [0.15, 0.2) is 0 Å². The summed E-state index contributed by atoms with van der Waals surface area (Å²) in [4.78, 5) is 12.4. The number of cyclic esters (lactones) is 1. The van der Waals surface area contributed by atoms with Gasteiger partial charge in [-0.3, -0.25) is 0 Å². The fourth-order valence-corrected chi connectivity index (χ4v) is 5.91. The summed E-state index contributed by atoms with van der Waals surface area (Å²) >= 11 is 0. The molecule has 4 atom stereocenters. The smallest absolute Gasteiger partial charge is 0.337 e. The van der Waals surface area contributed by atoms with Gasteiger partial charge in [0.15, 0.2) is 37.2 Å². The molecule has 0 N–H and O–H groups in total. The summed E-state index contributed by atoms with van der Waals surface area (Å²) in [5.74, 6) is -0.313. The third-order valence-electron chi connectivity index (χ3n) is 3.08. The van der Waals surface area contributed by atoms with Gasteiger partial charge in [-0.25, -0.2) is 4.79 Å². The first-order valence-electron chi connectivity index (χ1n) is 8.33. The Labute approximate surface area is 144 Å². The third-order valence-corrected chi connectivity index (χ3v) is 6.10. The van der Waals surface area contributed by atoms with Gasteiger partial charge in [0.05, 0.1) is 6.10 Å². The zero-order valence-electron chi connectivity index (χ0n) is 16.4. The Morgan fingerprint density at radius 1 is 0.870 bits per heavy atom. The number of carbonyl (C=O) groups is 1.